The number of aliphatic hydroxyl groups excluding tert-OH is 3. The fourth-order valence-electron chi connectivity index (χ4n) is 8.82. The number of carbonyl (C=O) groups excluding carboxylic acids is 1. The summed E-state index contributed by atoms with van der Waals surface area (Å²) in [6, 6.07) is 0. The fraction of sp³-hybridized carbons (Fsp3) is 0.909. The Balaban J connectivity index is 2.27. The molecule has 4 N–H and O–H groups in total. The van der Waals surface area contributed by atoms with Crippen molar-refractivity contribution in [1.29, 1.82) is 0 Å². The molecule has 1 aliphatic heterocycles. The van der Waals surface area contributed by atoms with Crippen molar-refractivity contribution in [2.75, 3.05) is 26.4 Å². The van der Waals surface area contributed by atoms with Gasteiger partial charge in [-0.05, 0) is 44.9 Å². The zero-order valence-electron chi connectivity index (χ0n) is 43.4. The van der Waals surface area contributed by atoms with Crippen molar-refractivity contribution in [2.45, 2.75) is 295 Å². The molecule has 13 heteroatoms. The van der Waals surface area contributed by atoms with Crippen molar-refractivity contribution in [3.63, 3.8) is 0 Å². The topological polar surface area (TPSA) is 178 Å². The van der Waals surface area contributed by atoms with Gasteiger partial charge < -0.3 is 34.3 Å². The number of aliphatic hydroxyl groups is 3. The third-order valence-corrected chi connectivity index (χ3v) is 13.5. The van der Waals surface area contributed by atoms with E-state index in [0.29, 0.717) is 13.0 Å². The van der Waals surface area contributed by atoms with E-state index in [1.54, 1.807) is 0 Å². The van der Waals surface area contributed by atoms with Crippen LogP contribution in [0.1, 0.15) is 258 Å². The molecule has 12 nitrogen and oxygen atoms in total. The zero-order valence-corrected chi connectivity index (χ0v) is 44.3. The number of rotatable bonds is 50. The lowest BCUT2D eigenvalue weighted by molar-refractivity contribution is -0.301. The highest BCUT2D eigenvalue weighted by Crippen LogP contribution is 2.26. The molecule has 1 heterocycles. The van der Waals surface area contributed by atoms with Gasteiger partial charge in [0, 0.05) is 13.0 Å². The molecule has 6 unspecified atom stereocenters. The summed E-state index contributed by atoms with van der Waals surface area (Å²) in [7, 11) is -5.06. The number of ether oxygens (including phenoxy) is 4. The van der Waals surface area contributed by atoms with Crippen molar-refractivity contribution >= 4 is 16.4 Å². The smallest absolute Gasteiger partial charge is 0.397 e. The van der Waals surface area contributed by atoms with Crippen molar-refractivity contribution in [3.8, 4) is 0 Å². The monoisotopic (exact) mass is 989 g/mol. The molecule has 0 aromatic carbocycles. The van der Waals surface area contributed by atoms with Crippen LogP contribution in [0.3, 0.4) is 0 Å². The highest BCUT2D eigenvalue weighted by molar-refractivity contribution is 7.80. The quantitative estimate of drug-likeness (QED) is 0.0196. The first-order valence-electron chi connectivity index (χ1n) is 28.1. The third kappa shape index (κ3) is 39.2. The second-order valence-corrected chi connectivity index (χ2v) is 20.6. The minimum Gasteiger partial charge on any atom is -0.457 e. The van der Waals surface area contributed by atoms with Crippen LogP contribution < -0.4 is 0 Å². The Morgan fingerprint density at radius 3 is 1.40 bits per heavy atom. The molecule has 6 atom stereocenters. The van der Waals surface area contributed by atoms with Crippen LogP contribution in [-0.4, -0.2) is 97.5 Å². The first-order chi connectivity index (χ1) is 33.1. The van der Waals surface area contributed by atoms with Gasteiger partial charge in [0.05, 0.1) is 19.8 Å². The fourth-order valence-corrected chi connectivity index (χ4v) is 9.33. The Morgan fingerprint density at radius 1 is 0.559 bits per heavy atom. The number of esters is 1. The largest absolute Gasteiger partial charge is 0.457 e. The van der Waals surface area contributed by atoms with Gasteiger partial charge in [-0.25, -0.2) is 4.18 Å². The third-order valence-electron chi connectivity index (χ3n) is 13.1. The summed E-state index contributed by atoms with van der Waals surface area (Å²) in [5, 5.41) is 30.8. The van der Waals surface area contributed by atoms with Crippen LogP contribution in [0.15, 0.2) is 24.3 Å². The van der Waals surface area contributed by atoms with Crippen LogP contribution in [0.4, 0.5) is 0 Å². The number of unbranched alkanes of at least 4 members (excludes halogenated alkanes) is 33. The molecular weight excluding hydrogens is 885 g/mol. The maximum Gasteiger partial charge on any atom is 0.397 e. The first-order valence-corrected chi connectivity index (χ1v) is 29.5. The predicted molar refractivity (Wildman–Crippen MR) is 276 cm³/mol. The summed E-state index contributed by atoms with van der Waals surface area (Å²) >= 11 is 0. The van der Waals surface area contributed by atoms with Gasteiger partial charge in [0.2, 0.25) is 0 Å². The number of hydrogen-bond acceptors (Lipinski definition) is 11. The molecule has 402 valence electrons. The maximum absolute atomic E-state index is 12.9. The van der Waals surface area contributed by atoms with Gasteiger partial charge in [-0.15, -0.1) is 0 Å². The Labute approximate surface area is 416 Å². The maximum atomic E-state index is 12.9. The molecular formula is C55H104O12S. The van der Waals surface area contributed by atoms with E-state index in [0.717, 1.165) is 44.9 Å². The predicted octanol–water partition coefficient (Wildman–Crippen LogP) is 13.5. The molecule has 1 aliphatic rings. The van der Waals surface area contributed by atoms with Gasteiger partial charge in [0.1, 0.15) is 30.5 Å². The van der Waals surface area contributed by atoms with Crippen LogP contribution in [0.5, 0.6) is 0 Å². The molecule has 0 amide bonds. The Hall–Kier alpha value is -1.42. The summed E-state index contributed by atoms with van der Waals surface area (Å²) in [4.78, 5) is 12.9. The highest BCUT2D eigenvalue weighted by atomic mass is 32.3. The molecule has 0 aromatic rings. The number of hydrogen-bond donors (Lipinski definition) is 4. The van der Waals surface area contributed by atoms with Crippen molar-refractivity contribution in [1.82, 2.24) is 0 Å². The second-order valence-electron chi connectivity index (χ2n) is 19.5. The molecule has 0 bridgehead atoms. The van der Waals surface area contributed by atoms with Crippen LogP contribution in [0.25, 0.3) is 0 Å². The lowest BCUT2D eigenvalue weighted by Crippen LogP contribution is -2.60. The average molecular weight is 989 g/mol. The van der Waals surface area contributed by atoms with Crippen LogP contribution in [-0.2, 0) is 38.3 Å². The molecule has 0 aliphatic carbocycles. The average Bonchev–Trinajstić information content (AvgIpc) is 3.31. The van der Waals surface area contributed by atoms with E-state index in [2.05, 4.69) is 42.3 Å². The Morgan fingerprint density at radius 2 is 0.971 bits per heavy atom. The standard InChI is InChI=1S/C55H104O12S/c1-3-5-7-9-11-13-15-17-19-20-21-22-23-24-25-26-27-28-29-31-33-35-37-39-41-43-45-63-47-49(48-64-55-53(59)54(67-68(60,61)62)52(58)50(46-56)66-55)65-51(57)44-42-40-38-36-34-32-30-18-16-14-12-10-8-6-4-2/h15,17,20-21,49-50,52-56,58-59H,3-14,16,18-19,22-48H2,1-2H3,(H,60,61,62)/b17-15-,21-20-. The summed E-state index contributed by atoms with van der Waals surface area (Å²) in [6.07, 6.45) is 46.5. The van der Waals surface area contributed by atoms with Gasteiger partial charge in [-0.1, -0.05) is 231 Å². The summed E-state index contributed by atoms with van der Waals surface area (Å²) < 4.78 is 59.3. The van der Waals surface area contributed by atoms with E-state index in [1.165, 1.54) is 186 Å². The van der Waals surface area contributed by atoms with Gasteiger partial charge in [-0.2, -0.15) is 8.42 Å². The number of allylic oxidation sites excluding steroid dienone is 4. The van der Waals surface area contributed by atoms with E-state index in [4.69, 9.17) is 18.9 Å². The second kappa shape index (κ2) is 46.6. The van der Waals surface area contributed by atoms with E-state index in [-0.39, 0.29) is 19.6 Å². The van der Waals surface area contributed by atoms with Crippen molar-refractivity contribution < 1.29 is 56.2 Å². The number of carbonyl (C=O) groups is 1. The minimum atomic E-state index is -5.06. The van der Waals surface area contributed by atoms with Gasteiger partial charge >= 0.3 is 16.4 Å². The van der Waals surface area contributed by atoms with E-state index in [1.807, 2.05) is 0 Å². The molecule has 0 radical (unpaired) electrons. The molecule has 1 fully saturated rings. The van der Waals surface area contributed by atoms with E-state index >= 15 is 0 Å². The lowest BCUT2D eigenvalue weighted by atomic mass is 9.99. The Kier molecular flexibility index (Phi) is 44.3. The lowest BCUT2D eigenvalue weighted by Gasteiger charge is -2.41. The summed E-state index contributed by atoms with van der Waals surface area (Å²) in [5.74, 6) is -0.394. The Bertz CT molecular complexity index is 1280. The zero-order chi connectivity index (χ0) is 49.6. The summed E-state index contributed by atoms with van der Waals surface area (Å²) in [6.45, 7) is 4.03. The molecule has 0 spiro atoms. The minimum absolute atomic E-state index is 0.0409. The van der Waals surface area contributed by atoms with E-state index < -0.39 is 59.8 Å². The molecule has 1 rings (SSSR count). The SMILES string of the molecule is CCCCCCC/C=C\C/C=C\CCCCCCCCCCCCCCCCOCC(COC1OC(CO)C(O)C(OS(=O)(=O)O)C1O)OC(=O)CCCCCCCCCCCCCCCCC. The van der Waals surface area contributed by atoms with Gasteiger partial charge in [-0.3, -0.25) is 9.35 Å². The highest BCUT2D eigenvalue weighted by Gasteiger charge is 2.48. The van der Waals surface area contributed by atoms with Crippen molar-refractivity contribution in [3.05, 3.63) is 24.3 Å². The molecule has 1 saturated heterocycles. The van der Waals surface area contributed by atoms with Crippen LogP contribution in [0, 0.1) is 0 Å². The molecule has 68 heavy (non-hydrogen) atoms. The summed E-state index contributed by atoms with van der Waals surface area (Å²) in [5.41, 5.74) is 0. The first kappa shape index (κ1) is 64.6. The molecule has 0 saturated carbocycles. The van der Waals surface area contributed by atoms with Crippen LogP contribution >= 0.6 is 0 Å². The molecule has 0 aromatic heterocycles. The van der Waals surface area contributed by atoms with Gasteiger partial charge in [0.25, 0.3) is 0 Å². The van der Waals surface area contributed by atoms with Crippen LogP contribution in [0.2, 0.25) is 0 Å². The van der Waals surface area contributed by atoms with Gasteiger partial charge in [0.15, 0.2) is 6.29 Å². The van der Waals surface area contributed by atoms with E-state index in [9.17, 15) is 33.1 Å². The van der Waals surface area contributed by atoms with Crippen molar-refractivity contribution in [2.24, 2.45) is 0 Å². The normalized spacial score (nSPS) is 19.4.